The van der Waals surface area contributed by atoms with Crippen LogP contribution in [0.3, 0.4) is 0 Å². The fourth-order valence-corrected chi connectivity index (χ4v) is 2.51. The molecule has 102 valence electrons. The third-order valence-corrected chi connectivity index (χ3v) is 3.63. The molecule has 1 aliphatic rings. The first-order valence-electron chi connectivity index (χ1n) is 6.77. The van der Waals surface area contributed by atoms with E-state index in [0.717, 1.165) is 24.5 Å². The molecule has 0 bridgehead atoms. The van der Waals surface area contributed by atoms with E-state index in [9.17, 15) is 0 Å². The van der Waals surface area contributed by atoms with Crippen LogP contribution >= 0.6 is 0 Å². The molecule has 1 N–H and O–H groups in total. The number of fused-ring (bicyclic) bond motifs is 1. The van der Waals surface area contributed by atoms with Gasteiger partial charge in [-0.1, -0.05) is 20.8 Å². The van der Waals surface area contributed by atoms with Crippen molar-refractivity contribution in [3.63, 3.8) is 0 Å². The van der Waals surface area contributed by atoms with E-state index in [2.05, 4.69) is 48.1 Å². The van der Waals surface area contributed by atoms with Crippen LogP contribution in [0.2, 0.25) is 0 Å². The van der Waals surface area contributed by atoms with Crippen molar-refractivity contribution in [2.24, 2.45) is 7.05 Å². The van der Waals surface area contributed by atoms with Crippen molar-refractivity contribution >= 4 is 5.82 Å². The van der Waals surface area contributed by atoms with Gasteiger partial charge in [-0.3, -0.25) is 4.68 Å². The van der Waals surface area contributed by atoms with Crippen molar-refractivity contribution < 1.29 is 0 Å². The van der Waals surface area contributed by atoms with Crippen LogP contribution in [0, 0.1) is 0 Å². The van der Waals surface area contributed by atoms with E-state index in [4.69, 9.17) is 5.10 Å². The van der Waals surface area contributed by atoms with Crippen molar-refractivity contribution in [2.75, 3.05) is 11.9 Å². The van der Waals surface area contributed by atoms with Crippen LogP contribution in [0.1, 0.15) is 44.5 Å². The van der Waals surface area contributed by atoms with Gasteiger partial charge in [0.1, 0.15) is 5.82 Å². The van der Waals surface area contributed by atoms with Crippen molar-refractivity contribution in [1.82, 2.24) is 19.6 Å². The van der Waals surface area contributed by atoms with Crippen LogP contribution in [0.5, 0.6) is 0 Å². The molecule has 0 fully saturated rings. The number of aromatic nitrogens is 4. The van der Waals surface area contributed by atoms with Crippen LogP contribution in [0.25, 0.3) is 0 Å². The Bertz CT molecular complexity index is 587. The van der Waals surface area contributed by atoms with Gasteiger partial charge in [0, 0.05) is 36.8 Å². The smallest absolute Gasteiger partial charge is 0.125 e. The third-order valence-electron chi connectivity index (χ3n) is 3.63. The van der Waals surface area contributed by atoms with E-state index >= 15 is 0 Å². The molecule has 0 aliphatic carbocycles. The Hall–Kier alpha value is -1.78. The highest BCUT2D eigenvalue weighted by Gasteiger charge is 2.27. The fourth-order valence-electron chi connectivity index (χ4n) is 2.51. The molecule has 2 aromatic rings. The molecule has 5 heteroatoms. The first-order chi connectivity index (χ1) is 8.95. The highest BCUT2D eigenvalue weighted by molar-refractivity contribution is 5.42. The van der Waals surface area contributed by atoms with E-state index in [1.807, 2.05) is 17.9 Å². The molecule has 0 aromatic carbocycles. The summed E-state index contributed by atoms with van der Waals surface area (Å²) < 4.78 is 3.96. The second-order valence-corrected chi connectivity index (χ2v) is 6.29. The zero-order chi connectivity index (χ0) is 13.6. The second kappa shape index (κ2) is 4.11. The van der Waals surface area contributed by atoms with Crippen LogP contribution in [0.4, 0.5) is 5.82 Å². The third kappa shape index (κ3) is 2.13. The maximum absolute atomic E-state index is 4.81. The lowest BCUT2D eigenvalue weighted by molar-refractivity contribution is 0.462. The summed E-state index contributed by atoms with van der Waals surface area (Å²) in [5.41, 5.74) is 2.44. The molecule has 1 unspecified atom stereocenters. The number of anilines is 1. The van der Waals surface area contributed by atoms with Gasteiger partial charge < -0.3 is 5.32 Å². The highest BCUT2D eigenvalue weighted by atomic mass is 15.4. The standard InChI is InChI=1S/C14H21N5/c1-14(2,3)12-7-13-15-6-5-11(19(13)17-12)10-8-16-18(4)9-10/h7-9,11,15H,5-6H2,1-4H3. The van der Waals surface area contributed by atoms with Gasteiger partial charge in [0.05, 0.1) is 17.9 Å². The summed E-state index contributed by atoms with van der Waals surface area (Å²) in [6, 6.07) is 2.46. The predicted octanol–water partition coefficient (Wildman–Crippen LogP) is 2.32. The van der Waals surface area contributed by atoms with Crippen LogP contribution in [-0.2, 0) is 12.5 Å². The average molecular weight is 259 g/mol. The van der Waals surface area contributed by atoms with E-state index in [1.165, 1.54) is 5.56 Å². The minimum atomic E-state index is 0.0749. The van der Waals surface area contributed by atoms with Crippen molar-refractivity contribution in [1.29, 1.82) is 0 Å². The Kier molecular flexibility index (Phi) is 2.66. The largest absolute Gasteiger partial charge is 0.370 e. The highest BCUT2D eigenvalue weighted by Crippen LogP contribution is 2.32. The molecule has 1 atom stereocenters. The van der Waals surface area contributed by atoms with E-state index in [-0.39, 0.29) is 5.41 Å². The molecule has 2 aromatic heterocycles. The van der Waals surface area contributed by atoms with Gasteiger partial charge in [-0.15, -0.1) is 0 Å². The van der Waals surface area contributed by atoms with Crippen molar-refractivity contribution in [3.8, 4) is 0 Å². The fraction of sp³-hybridized carbons (Fsp3) is 0.571. The number of hydrogen-bond acceptors (Lipinski definition) is 3. The minimum absolute atomic E-state index is 0.0749. The zero-order valence-electron chi connectivity index (χ0n) is 12.0. The number of nitrogens with zero attached hydrogens (tertiary/aromatic N) is 4. The van der Waals surface area contributed by atoms with Gasteiger partial charge >= 0.3 is 0 Å². The summed E-state index contributed by atoms with van der Waals surface area (Å²) in [4.78, 5) is 0. The first-order valence-corrected chi connectivity index (χ1v) is 6.77. The molecule has 1 aliphatic heterocycles. The van der Waals surface area contributed by atoms with Gasteiger partial charge in [0.25, 0.3) is 0 Å². The van der Waals surface area contributed by atoms with E-state index in [1.54, 1.807) is 0 Å². The molecule has 0 spiro atoms. The summed E-state index contributed by atoms with van der Waals surface area (Å²) >= 11 is 0. The van der Waals surface area contributed by atoms with Crippen molar-refractivity contribution in [2.45, 2.75) is 38.6 Å². The lowest BCUT2D eigenvalue weighted by Gasteiger charge is -2.24. The topological polar surface area (TPSA) is 47.7 Å². The predicted molar refractivity (Wildman–Crippen MR) is 75.4 cm³/mol. The maximum Gasteiger partial charge on any atom is 0.125 e. The van der Waals surface area contributed by atoms with Crippen LogP contribution in [0.15, 0.2) is 18.5 Å². The second-order valence-electron chi connectivity index (χ2n) is 6.29. The summed E-state index contributed by atoms with van der Waals surface area (Å²) in [6.45, 7) is 7.57. The summed E-state index contributed by atoms with van der Waals surface area (Å²) in [6.07, 6.45) is 5.07. The van der Waals surface area contributed by atoms with Gasteiger partial charge in [-0.25, -0.2) is 4.68 Å². The van der Waals surface area contributed by atoms with Crippen molar-refractivity contribution in [3.05, 3.63) is 29.7 Å². The summed E-state index contributed by atoms with van der Waals surface area (Å²) in [5.74, 6) is 1.12. The molecule has 5 nitrogen and oxygen atoms in total. The molecule has 3 rings (SSSR count). The summed E-state index contributed by atoms with van der Waals surface area (Å²) in [7, 11) is 1.95. The lowest BCUT2D eigenvalue weighted by Crippen LogP contribution is -2.24. The Morgan fingerprint density at radius 3 is 2.79 bits per heavy atom. The van der Waals surface area contributed by atoms with Gasteiger partial charge in [-0.05, 0) is 6.42 Å². The average Bonchev–Trinajstić information content (AvgIpc) is 2.93. The van der Waals surface area contributed by atoms with Crippen LogP contribution in [-0.4, -0.2) is 26.1 Å². The zero-order valence-corrected chi connectivity index (χ0v) is 12.0. The maximum atomic E-state index is 4.81. The quantitative estimate of drug-likeness (QED) is 0.855. The molecule has 0 amide bonds. The van der Waals surface area contributed by atoms with Gasteiger partial charge in [-0.2, -0.15) is 10.2 Å². The normalized spacial score (nSPS) is 19.1. The first kappa shape index (κ1) is 12.3. The van der Waals surface area contributed by atoms with Gasteiger partial charge in [0.15, 0.2) is 0 Å². The van der Waals surface area contributed by atoms with Gasteiger partial charge in [0.2, 0.25) is 0 Å². The monoisotopic (exact) mass is 259 g/mol. The molecule has 0 saturated heterocycles. The van der Waals surface area contributed by atoms with E-state index in [0.29, 0.717) is 6.04 Å². The molecular formula is C14H21N5. The Balaban J connectivity index is 2.02. The molecule has 0 radical (unpaired) electrons. The van der Waals surface area contributed by atoms with Crippen LogP contribution < -0.4 is 5.32 Å². The Morgan fingerprint density at radius 2 is 2.16 bits per heavy atom. The molecule has 3 heterocycles. The molecular weight excluding hydrogens is 238 g/mol. The Morgan fingerprint density at radius 1 is 1.37 bits per heavy atom. The molecule has 0 saturated carbocycles. The lowest BCUT2D eigenvalue weighted by atomic mass is 9.92. The minimum Gasteiger partial charge on any atom is -0.370 e. The number of rotatable bonds is 1. The Labute approximate surface area is 113 Å². The number of hydrogen-bond donors (Lipinski definition) is 1. The number of aryl methyl sites for hydroxylation is 1. The summed E-state index contributed by atoms with van der Waals surface area (Å²) in [5, 5.41) is 12.5. The molecule has 19 heavy (non-hydrogen) atoms. The number of nitrogens with one attached hydrogen (secondary N) is 1. The SMILES string of the molecule is Cn1cc(C2CCNc3cc(C(C)(C)C)nn32)cn1. The van der Waals surface area contributed by atoms with E-state index < -0.39 is 0 Å².